The van der Waals surface area contributed by atoms with Gasteiger partial charge in [0, 0.05) is 11.8 Å². The molecule has 0 spiro atoms. The van der Waals surface area contributed by atoms with Crippen LogP contribution in [0, 0.1) is 12.7 Å². The van der Waals surface area contributed by atoms with Crippen LogP contribution in [-0.4, -0.2) is 15.0 Å². The molecule has 1 N–H and O–H groups in total. The first kappa shape index (κ1) is 9.96. The molecular weight excluding hydrogens is 217 g/mol. The molecule has 0 aliphatic carbocycles. The smallest absolute Gasteiger partial charge is 0.178 e. The van der Waals surface area contributed by atoms with E-state index in [4.69, 9.17) is 0 Å². The molecule has 0 bridgehead atoms. The molecule has 3 rings (SSSR count). The van der Waals surface area contributed by atoms with Gasteiger partial charge < -0.3 is 4.98 Å². The second kappa shape index (κ2) is 3.66. The number of H-pyrrole nitrogens is 1. The summed E-state index contributed by atoms with van der Waals surface area (Å²) in [4.78, 5) is 11.6. The lowest BCUT2D eigenvalue weighted by atomic mass is 10.1. The van der Waals surface area contributed by atoms with Crippen molar-refractivity contribution >= 4 is 11.2 Å². The van der Waals surface area contributed by atoms with Crippen LogP contribution in [0.15, 0.2) is 36.5 Å². The van der Waals surface area contributed by atoms with Crippen molar-refractivity contribution in [3.05, 3.63) is 48.2 Å². The standard InChI is InChI=1S/C13H10FN3/c1-8-16-12-11(6-7-15-13(12)17-8)9-2-4-10(14)5-3-9/h2-7H,1H3,(H,15,16,17). The SMILES string of the molecule is Cc1nc2nccc(-c3ccc(F)cc3)c2[nH]1. The summed E-state index contributed by atoms with van der Waals surface area (Å²) < 4.78 is 12.9. The maximum absolute atomic E-state index is 12.9. The summed E-state index contributed by atoms with van der Waals surface area (Å²) >= 11 is 0. The largest absolute Gasteiger partial charge is 0.340 e. The van der Waals surface area contributed by atoms with Gasteiger partial charge in [0.15, 0.2) is 5.65 Å². The molecule has 3 nitrogen and oxygen atoms in total. The van der Waals surface area contributed by atoms with Crippen molar-refractivity contribution < 1.29 is 4.39 Å². The van der Waals surface area contributed by atoms with E-state index >= 15 is 0 Å². The van der Waals surface area contributed by atoms with E-state index in [1.165, 1.54) is 12.1 Å². The summed E-state index contributed by atoms with van der Waals surface area (Å²) in [5.41, 5.74) is 3.50. The summed E-state index contributed by atoms with van der Waals surface area (Å²) in [5.74, 6) is 0.585. The van der Waals surface area contributed by atoms with Crippen LogP contribution >= 0.6 is 0 Å². The minimum atomic E-state index is -0.236. The van der Waals surface area contributed by atoms with Gasteiger partial charge in [-0.2, -0.15) is 0 Å². The summed E-state index contributed by atoms with van der Waals surface area (Å²) in [6.45, 7) is 1.89. The third-order valence-electron chi connectivity index (χ3n) is 2.67. The summed E-state index contributed by atoms with van der Waals surface area (Å²) in [6.07, 6.45) is 1.71. The molecule has 0 fully saturated rings. The Bertz CT molecular complexity index is 671. The molecule has 4 heteroatoms. The Hall–Kier alpha value is -2.23. The van der Waals surface area contributed by atoms with Crippen LogP contribution in [0.5, 0.6) is 0 Å². The van der Waals surface area contributed by atoms with Crippen LogP contribution in [0.2, 0.25) is 0 Å². The van der Waals surface area contributed by atoms with Crippen LogP contribution in [0.3, 0.4) is 0 Å². The van der Waals surface area contributed by atoms with Gasteiger partial charge in [-0.3, -0.25) is 0 Å². The number of rotatable bonds is 1. The zero-order valence-corrected chi connectivity index (χ0v) is 9.24. The van der Waals surface area contributed by atoms with E-state index in [1.54, 1.807) is 18.3 Å². The minimum absolute atomic E-state index is 0.236. The van der Waals surface area contributed by atoms with Crippen molar-refractivity contribution in [2.24, 2.45) is 0 Å². The number of aromatic amines is 1. The Kier molecular flexibility index (Phi) is 2.14. The first-order chi connectivity index (χ1) is 8.24. The number of hydrogen-bond acceptors (Lipinski definition) is 2. The Morgan fingerprint density at radius 3 is 2.65 bits per heavy atom. The molecule has 84 valence electrons. The van der Waals surface area contributed by atoms with E-state index in [1.807, 2.05) is 13.0 Å². The zero-order chi connectivity index (χ0) is 11.8. The van der Waals surface area contributed by atoms with Gasteiger partial charge in [0.25, 0.3) is 0 Å². The fraction of sp³-hybridized carbons (Fsp3) is 0.0769. The van der Waals surface area contributed by atoms with E-state index in [0.29, 0.717) is 5.65 Å². The molecule has 0 radical (unpaired) electrons. The number of benzene rings is 1. The first-order valence-electron chi connectivity index (χ1n) is 5.31. The van der Waals surface area contributed by atoms with Crippen molar-refractivity contribution in [1.82, 2.24) is 15.0 Å². The van der Waals surface area contributed by atoms with Crippen molar-refractivity contribution in [1.29, 1.82) is 0 Å². The van der Waals surface area contributed by atoms with Gasteiger partial charge in [-0.05, 0) is 30.7 Å². The van der Waals surface area contributed by atoms with Gasteiger partial charge in [0.2, 0.25) is 0 Å². The number of hydrogen-bond donors (Lipinski definition) is 1. The number of fused-ring (bicyclic) bond motifs is 1. The predicted molar refractivity (Wildman–Crippen MR) is 64.0 cm³/mol. The molecule has 3 aromatic rings. The molecule has 1 aromatic carbocycles. The third-order valence-corrected chi connectivity index (χ3v) is 2.67. The maximum Gasteiger partial charge on any atom is 0.178 e. The highest BCUT2D eigenvalue weighted by Gasteiger charge is 2.07. The van der Waals surface area contributed by atoms with Crippen molar-refractivity contribution in [3.8, 4) is 11.1 Å². The Morgan fingerprint density at radius 2 is 1.88 bits per heavy atom. The first-order valence-corrected chi connectivity index (χ1v) is 5.31. The van der Waals surface area contributed by atoms with Gasteiger partial charge >= 0.3 is 0 Å². The van der Waals surface area contributed by atoms with E-state index in [9.17, 15) is 4.39 Å². The van der Waals surface area contributed by atoms with Crippen LogP contribution < -0.4 is 0 Å². The predicted octanol–water partition coefficient (Wildman–Crippen LogP) is 3.07. The molecular formula is C13H10FN3. The number of nitrogens with one attached hydrogen (secondary N) is 1. The highest BCUT2D eigenvalue weighted by atomic mass is 19.1. The van der Waals surface area contributed by atoms with E-state index < -0.39 is 0 Å². The molecule has 2 heterocycles. The zero-order valence-electron chi connectivity index (χ0n) is 9.24. The molecule has 0 aliphatic heterocycles. The average Bonchev–Trinajstić information content (AvgIpc) is 2.70. The van der Waals surface area contributed by atoms with Gasteiger partial charge in [-0.25, -0.2) is 14.4 Å². The fourth-order valence-corrected chi connectivity index (χ4v) is 1.90. The monoisotopic (exact) mass is 227 g/mol. The number of nitrogens with zero attached hydrogens (tertiary/aromatic N) is 2. The number of aryl methyl sites for hydroxylation is 1. The third kappa shape index (κ3) is 1.67. The van der Waals surface area contributed by atoms with Crippen molar-refractivity contribution in [3.63, 3.8) is 0 Å². The van der Waals surface area contributed by atoms with Gasteiger partial charge in [-0.1, -0.05) is 12.1 Å². The van der Waals surface area contributed by atoms with E-state index in [2.05, 4.69) is 15.0 Å². The Labute approximate surface area is 97.3 Å². The molecule has 0 unspecified atom stereocenters. The normalized spacial score (nSPS) is 10.9. The number of imidazole rings is 1. The molecule has 2 aromatic heterocycles. The van der Waals surface area contributed by atoms with Crippen molar-refractivity contribution in [2.45, 2.75) is 6.92 Å². The van der Waals surface area contributed by atoms with Crippen LogP contribution in [0.25, 0.3) is 22.3 Å². The highest BCUT2D eigenvalue weighted by molar-refractivity contribution is 5.89. The quantitative estimate of drug-likeness (QED) is 0.694. The van der Waals surface area contributed by atoms with Gasteiger partial charge in [0.1, 0.15) is 11.6 Å². The maximum atomic E-state index is 12.9. The molecule has 0 saturated carbocycles. The molecule has 0 amide bonds. The molecule has 17 heavy (non-hydrogen) atoms. The van der Waals surface area contributed by atoms with Crippen LogP contribution in [0.4, 0.5) is 4.39 Å². The van der Waals surface area contributed by atoms with E-state index in [-0.39, 0.29) is 5.82 Å². The van der Waals surface area contributed by atoms with Crippen LogP contribution in [0.1, 0.15) is 5.82 Å². The lowest BCUT2D eigenvalue weighted by molar-refractivity contribution is 0.628. The molecule has 0 aliphatic rings. The molecule has 0 saturated heterocycles. The second-order valence-corrected chi connectivity index (χ2v) is 3.89. The summed E-state index contributed by atoms with van der Waals surface area (Å²) in [5, 5.41) is 0. The fourth-order valence-electron chi connectivity index (χ4n) is 1.90. The lowest BCUT2D eigenvalue weighted by Crippen LogP contribution is -1.83. The number of aromatic nitrogens is 3. The number of halogens is 1. The van der Waals surface area contributed by atoms with Gasteiger partial charge in [-0.15, -0.1) is 0 Å². The van der Waals surface area contributed by atoms with Crippen molar-refractivity contribution in [2.75, 3.05) is 0 Å². The topological polar surface area (TPSA) is 41.6 Å². The average molecular weight is 227 g/mol. The van der Waals surface area contributed by atoms with Gasteiger partial charge in [0.05, 0.1) is 5.52 Å². The van der Waals surface area contributed by atoms with Crippen LogP contribution in [-0.2, 0) is 0 Å². The highest BCUT2D eigenvalue weighted by Crippen LogP contribution is 2.25. The second-order valence-electron chi connectivity index (χ2n) is 3.89. The summed E-state index contributed by atoms with van der Waals surface area (Å²) in [6, 6.07) is 8.30. The summed E-state index contributed by atoms with van der Waals surface area (Å²) in [7, 11) is 0. The minimum Gasteiger partial charge on any atom is -0.340 e. The lowest BCUT2D eigenvalue weighted by Gasteiger charge is -2.02. The van der Waals surface area contributed by atoms with E-state index in [0.717, 1.165) is 22.5 Å². The Morgan fingerprint density at radius 1 is 1.12 bits per heavy atom. The number of pyridine rings is 1. The molecule has 0 atom stereocenters. The Balaban J connectivity index is 2.26.